The van der Waals surface area contributed by atoms with E-state index in [4.69, 9.17) is 4.42 Å². The van der Waals surface area contributed by atoms with Gasteiger partial charge in [0.1, 0.15) is 23.2 Å². The number of non-ortho nitro benzene ring substituents is 1. The molecule has 0 saturated carbocycles. The first-order valence-electron chi connectivity index (χ1n) is 8.31. The third-order valence-electron chi connectivity index (χ3n) is 4.03. The minimum Gasteiger partial charge on any atom is -0.457 e. The van der Waals surface area contributed by atoms with Crippen molar-refractivity contribution in [2.24, 2.45) is 0 Å². The number of anilines is 1. The molecule has 2 aromatic carbocycles. The minimum absolute atomic E-state index is 0.0185. The molecule has 0 fully saturated rings. The number of hydrogen-bond donors (Lipinski definition) is 1. The second-order valence-corrected chi connectivity index (χ2v) is 5.94. The van der Waals surface area contributed by atoms with Crippen molar-refractivity contribution in [3.63, 3.8) is 0 Å². The van der Waals surface area contributed by atoms with Crippen molar-refractivity contribution < 1.29 is 14.1 Å². The Balaban J connectivity index is 1.80. The number of nitro benzene ring substituents is 1. The van der Waals surface area contributed by atoms with E-state index in [2.05, 4.69) is 5.32 Å². The molecule has 3 rings (SSSR count). The van der Waals surface area contributed by atoms with Gasteiger partial charge in [-0.1, -0.05) is 18.2 Å². The molecule has 1 amide bonds. The predicted octanol–water partition coefficient (Wildman–Crippen LogP) is 4.71. The van der Waals surface area contributed by atoms with E-state index in [9.17, 15) is 20.2 Å². The van der Waals surface area contributed by atoms with Gasteiger partial charge < -0.3 is 9.73 Å². The fraction of sp³-hybridized carbons (Fsp3) is 0.0476. The maximum Gasteiger partial charge on any atom is 0.269 e. The van der Waals surface area contributed by atoms with Gasteiger partial charge in [0.05, 0.1) is 4.92 Å². The van der Waals surface area contributed by atoms with Crippen LogP contribution in [-0.2, 0) is 4.79 Å². The molecule has 0 radical (unpaired) electrons. The second-order valence-electron chi connectivity index (χ2n) is 5.94. The van der Waals surface area contributed by atoms with E-state index in [-0.39, 0.29) is 11.3 Å². The van der Waals surface area contributed by atoms with E-state index in [1.165, 1.54) is 18.2 Å². The zero-order valence-electron chi connectivity index (χ0n) is 14.9. The number of hydrogen-bond acceptors (Lipinski definition) is 5. The smallest absolute Gasteiger partial charge is 0.269 e. The minimum atomic E-state index is -0.537. The number of carbonyl (C=O) groups is 1. The summed E-state index contributed by atoms with van der Waals surface area (Å²) in [6.07, 6.45) is 1.35. The molecule has 138 valence electrons. The van der Waals surface area contributed by atoms with Crippen LogP contribution in [0.25, 0.3) is 17.4 Å². The van der Waals surface area contributed by atoms with Gasteiger partial charge in [-0.3, -0.25) is 14.9 Å². The summed E-state index contributed by atoms with van der Waals surface area (Å²) in [6.45, 7) is 1.86. The average Bonchev–Trinajstić information content (AvgIpc) is 3.16. The highest BCUT2D eigenvalue weighted by atomic mass is 16.6. The number of nitriles is 1. The zero-order chi connectivity index (χ0) is 20.1. The molecular weight excluding hydrogens is 358 g/mol. The molecule has 1 N–H and O–H groups in total. The monoisotopic (exact) mass is 373 g/mol. The van der Waals surface area contributed by atoms with Crippen molar-refractivity contribution in [1.82, 2.24) is 0 Å². The van der Waals surface area contributed by atoms with Gasteiger partial charge in [0.25, 0.3) is 11.6 Å². The first-order valence-corrected chi connectivity index (χ1v) is 8.31. The number of rotatable bonds is 5. The summed E-state index contributed by atoms with van der Waals surface area (Å²) in [7, 11) is 0. The van der Waals surface area contributed by atoms with Crippen molar-refractivity contribution in [3.05, 3.63) is 87.7 Å². The van der Waals surface area contributed by atoms with Gasteiger partial charge in [-0.05, 0) is 42.8 Å². The fourth-order valence-corrected chi connectivity index (χ4v) is 2.53. The van der Waals surface area contributed by atoms with Crippen molar-refractivity contribution in [2.45, 2.75) is 6.92 Å². The Morgan fingerprint density at radius 3 is 2.50 bits per heavy atom. The SMILES string of the molecule is Cc1ccccc1NC(=O)/C(C#N)=C\c1ccc(-c2ccc([N+](=O)[O-])cc2)o1. The molecule has 7 heteroatoms. The molecular formula is C21H15N3O4. The van der Waals surface area contributed by atoms with E-state index in [0.29, 0.717) is 22.8 Å². The molecule has 3 aromatic rings. The van der Waals surface area contributed by atoms with Gasteiger partial charge in [-0.25, -0.2) is 0 Å². The molecule has 1 heterocycles. The second kappa shape index (κ2) is 8.01. The Bertz CT molecular complexity index is 1110. The van der Waals surface area contributed by atoms with Gasteiger partial charge in [0, 0.05) is 29.5 Å². The summed E-state index contributed by atoms with van der Waals surface area (Å²) >= 11 is 0. The summed E-state index contributed by atoms with van der Waals surface area (Å²) in [6, 6.07) is 18.3. The summed E-state index contributed by atoms with van der Waals surface area (Å²) in [4.78, 5) is 22.6. The van der Waals surface area contributed by atoms with Crippen LogP contribution in [0.1, 0.15) is 11.3 Å². The number of nitro groups is 1. The van der Waals surface area contributed by atoms with Crippen LogP contribution in [0.15, 0.2) is 70.7 Å². The molecule has 1 aromatic heterocycles. The molecule has 0 aliphatic rings. The van der Waals surface area contributed by atoms with Crippen LogP contribution in [0.4, 0.5) is 11.4 Å². The summed E-state index contributed by atoms with van der Waals surface area (Å²) < 4.78 is 5.65. The highest BCUT2D eigenvalue weighted by Gasteiger charge is 2.13. The zero-order valence-corrected chi connectivity index (χ0v) is 14.9. The quantitative estimate of drug-likeness (QED) is 0.301. The number of benzene rings is 2. The number of amides is 1. The van der Waals surface area contributed by atoms with Crippen molar-refractivity contribution in [3.8, 4) is 17.4 Å². The number of aryl methyl sites for hydroxylation is 1. The molecule has 0 atom stereocenters. The fourth-order valence-electron chi connectivity index (χ4n) is 2.53. The first-order chi connectivity index (χ1) is 13.5. The Hall–Kier alpha value is -4.18. The lowest BCUT2D eigenvalue weighted by Gasteiger charge is -2.06. The van der Waals surface area contributed by atoms with E-state index in [1.807, 2.05) is 25.1 Å². The molecule has 0 bridgehead atoms. The van der Waals surface area contributed by atoms with Crippen LogP contribution in [0.5, 0.6) is 0 Å². The summed E-state index contributed by atoms with van der Waals surface area (Å²) in [5, 5.41) is 22.8. The van der Waals surface area contributed by atoms with Crippen LogP contribution in [-0.4, -0.2) is 10.8 Å². The Morgan fingerprint density at radius 1 is 1.14 bits per heavy atom. The van der Waals surface area contributed by atoms with Crippen molar-refractivity contribution in [2.75, 3.05) is 5.32 Å². The Labute approximate surface area is 160 Å². The van der Waals surface area contributed by atoms with Gasteiger partial charge in [-0.2, -0.15) is 5.26 Å². The number of nitrogens with one attached hydrogen (secondary N) is 1. The number of carbonyl (C=O) groups excluding carboxylic acids is 1. The molecule has 7 nitrogen and oxygen atoms in total. The van der Waals surface area contributed by atoms with Gasteiger partial charge >= 0.3 is 0 Å². The lowest BCUT2D eigenvalue weighted by molar-refractivity contribution is -0.384. The topological polar surface area (TPSA) is 109 Å². The van der Waals surface area contributed by atoms with Crippen LogP contribution in [0.2, 0.25) is 0 Å². The summed E-state index contributed by atoms with van der Waals surface area (Å²) in [5.41, 5.74) is 2.03. The third-order valence-corrected chi connectivity index (χ3v) is 4.03. The van der Waals surface area contributed by atoms with E-state index < -0.39 is 10.8 Å². The largest absolute Gasteiger partial charge is 0.457 e. The van der Waals surface area contributed by atoms with Crippen LogP contribution in [0, 0.1) is 28.4 Å². The maximum atomic E-state index is 12.4. The van der Waals surface area contributed by atoms with Crippen LogP contribution >= 0.6 is 0 Å². The number of nitrogens with zero attached hydrogens (tertiary/aromatic N) is 2. The van der Waals surface area contributed by atoms with Crippen LogP contribution in [0.3, 0.4) is 0 Å². The molecule has 28 heavy (non-hydrogen) atoms. The lowest BCUT2D eigenvalue weighted by Crippen LogP contribution is -2.14. The molecule has 0 unspecified atom stereocenters. The Morgan fingerprint density at radius 2 is 1.86 bits per heavy atom. The number of furan rings is 1. The highest BCUT2D eigenvalue weighted by Crippen LogP contribution is 2.25. The van der Waals surface area contributed by atoms with Crippen molar-refractivity contribution in [1.29, 1.82) is 5.26 Å². The normalized spacial score (nSPS) is 10.9. The van der Waals surface area contributed by atoms with Gasteiger partial charge in [0.15, 0.2) is 0 Å². The number of para-hydroxylation sites is 1. The lowest BCUT2D eigenvalue weighted by atomic mass is 10.1. The van der Waals surface area contributed by atoms with Gasteiger partial charge in [0.2, 0.25) is 0 Å². The van der Waals surface area contributed by atoms with E-state index in [1.54, 1.807) is 36.4 Å². The molecule has 0 spiro atoms. The standard InChI is InChI=1S/C21H15N3O4/c1-14-4-2-3-5-19(14)23-21(25)16(13-22)12-18-10-11-20(28-18)15-6-8-17(9-7-15)24(26)27/h2-12H,1H3,(H,23,25)/b16-12-. The molecule has 0 aliphatic carbocycles. The Kier molecular flexibility index (Phi) is 5.33. The first kappa shape index (κ1) is 18.6. The highest BCUT2D eigenvalue weighted by molar-refractivity contribution is 6.09. The molecule has 0 aliphatic heterocycles. The van der Waals surface area contributed by atoms with E-state index >= 15 is 0 Å². The average molecular weight is 373 g/mol. The van der Waals surface area contributed by atoms with E-state index in [0.717, 1.165) is 5.56 Å². The molecule has 0 saturated heterocycles. The van der Waals surface area contributed by atoms with Gasteiger partial charge in [-0.15, -0.1) is 0 Å². The third kappa shape index (κ3) is 4.14. The van der Waals surface area contributed by atoms with Crippen LogP contribution < -0.4 is 5.32 Å². The summed E-state index contributed by atoms with van der Waals surface area (Å²) in [5.74, 6) is 0.257. The predicted molar refractivity (Wildman–Crippen MR) is 104 cm³/mol. The van der Waals surface area contributed by atoms with Crippen molar-refractivity contribution >= 4 is 23.4 Å². The maximum absolute atomic E-state index is 12.4.